The second-order valence-corrected chi connectivity index (χ2v) is 9.33. The summed E-state index contributed by atoms with van der Waals surface area (Å²) < 4.78 is 6.33. The third kappa shape index (κ3) is 5.38. The lowest BCUT2D eigenvalue weighted by atomic mass is 9.98. The number of nitrogens with zero attached hydrogens (tertiary/aromatic N) is 3. The predicted molar refractivity (Wildman–Crippen MR) is 114 cm³/mol. The molecule has 1 aliphatic heterocycles. The molecule has 0 bridgehead atoms. The van der Waals surface area contributed by atoms with Gasteiger partial charge in [-0.05, 0) is 65.2 Å². The molecule has 0 radical (unpaired) electrons. The molecule has 3 heterocycles. The van der Waals surface area contributed by atoms with E-state index >= 15 is 0 Å². The van der Waals surface area contributed by atoms with E-state index in [2.05, 4.69) is 39.0 Å². The van der Waals surface area contributed by atoms with Gasteiger partial charge in [0.25, 0.3) is 0 Å². The first-order valence-electron chi connectivity index (χ1n) is 9.06. The summed E-state index contributed by atoms with van der Waals surface area (Å²) in [5.41, 5.74) is 0.626. The summed E-state index contributed by atoms with van der Waals surface area (Å²) in [6, 6.07) is 5.57. The molecule has 0 aromatic carbocycles. The van der Waals surface area contributed by atoms with Gasteiger partial charge < -0.3 is 9.47 Å². The number of rotatable bonds is 7. The Morgan fingerprint density at radius 1 is 1.48 bits per heavy atom. The molecule has 1 N–H and O–H groups in total. The molecule has 0 saturated carbocycles. The summed E-state index contributed by atoms with van der Waals surface area (Å²) in [4.78, 5) is 16.2. The average Bonchev–Trinajstić information content (AvgIpc) is 3.30. The molecule has 27 heavy (non-hydrogen) atoms. The molecule has 2 aromatic heterocycles. The molecule has 2 aromatic rings. The third-order valence-corrected chi connectivity index (χ3v) is 7.96. The summed E-state index contributed by atoms with van der Waals surface area (Å²) in [6.45, 7) is 4.54. The highest BCUT2D eigenvalue weighted by molar-refractivity contribution is 9.10. The number of carbonyl (C=O) groups is 1. The van der Waals surface area contributed by atoms with Crippen molar-refractivity contribution in [3.05, 3.63) is 39.3 Å². The SMILES string of the molecule is CC1CCN(C(=O)C(CCn2cccc2C#N)NSc2cscc2Br)CC1. The molecular formula is C19H23BrN4OS2. The molecule has 5 nitrogen and oxygen atoms in total. The Morgan fingerprint density at radius 3 is 2.93 bits per heavy atom. The number of aromatic nitrogens is 1. The summed E-state index contributed by atoms with van der Waals surface area (Å²) in [7, 11) is 0. The minimum Gasteiger partial charge on any atom is -0.341 e. The van der Waals surface area contributed by atoms with E-state index in [0.29, 0.717) is 24.6 Å². The Balaban J connectivity index is 1.66. The predicted octanol–water partition coefficient (Wildman–Crippen LogP) is 4.50. The van der Waals surface area contributed by atoms with Crippen molar-refractivity contribution in [2.45, 2.75) is 43.7 Å². The van der Waals surface area contributed by atoms with Gasteiger partial charge in [0.2, 0.25) is 5.91 Å². The van der Waals surface area contributed by atoms with Crippen LogP contribution in [0, 0.1) is 17.2 Å². The number of aryl methyl sites for hydroxylation is 1. The van der Waals surface area contributed by atoms with Crippen LogP contribution in [-0.4, -0.2) is 34.5 Å². The number of amides is 1. The smallest absolute Gasteiger partial charge is 0.240 e. The van der Waals surface area contributed by atoms with Crippen LogP contribution in [0.25, 0.3) is 0 Å². The Hall–Kier alpha value is -1.27. The summed E-state index contributed by atoms with van der Waals surface area (Å²) >= 11 is 6.66. The molecule has 0 aliphatic carbocycles. The minimum atomic E-state index is -0.288. The van der Waals surface area contributed by atoms with Gasteiger partial charge in [0.1, 0.15) is 11.8 Å². The van der Waals surface area contributed by atoms with Crippen LogP contribution in [0.2, 0.25) is 0 Å². The van der Waals surface area contributed by atoms with E-state index in [1.165, 1.54) is 11.9 Å². The standard InChI is InChI=1S/C19H23BrN4OS2/c1-14-4-8-24(9-5-14)19(25)17(22-27-18-13-26-12-16(18)20)6-10-23-7-2-3-15(23)11-21/h2-3,7,12-14,17,22H,4-6,8-10H2,1H3. The molecule has 3 rings (SSSR count). The number of carbonyl (C=O) groups excluding carboxylic acids is 1. The van der Waals surface area contributed by atoms with E-state index in [1.807, 2.05) is 27.1 Å². The highest BCUT2D eigenvalue weighted by Crippen LogP contribution is 2.30. The summed E-state index contributed by atoms with van der Waals surface area (Å²) in [5.74, 6) is 0.848. The van der Waals surface area contributed by atoms with E-state index in [-0.39, 0.29) is 11.9 Å². The van der Waals surface area contributed by atoms with Crippen molar-refractivity contribution in [3.63, 3.8) is 0 Å². The second kappa shape index (κ2) is 9.78. The van der Waals surface area contributed by atoms with Crippen LogP contribution in [0.5, 0.6) is 0 Å². The molecule has 1 unspecified atom stereocenters. The van der Waals surface area contributed by atoms with Gasteiger partial charge in [0.15, 0.2) is 0 Å². The minimum absolute atomic E-state index is 0.159. The van der Waals surface area contributed by atoms with E-state index in [1.54, 1.807) is 17.4 Å². The zero-order chi connectivity index (χ0) is 19.2. The number of halogens is 1. The van der Waals surface area contributed by atoms with E-state index in [0.717, 1.165) is 35.3 Å². The first-order valence-corrected chi connectivity index (χ1v) is 11.6. The highest BCUT2D eigenvalue weighted by Gasteiger charge is 2.27. The summed E-state index contributed by atoms with van der Waals surface area (Å²) in [5, 5.41) is 13.3. The Morgan fingerprint density at radius 2 is 2.26 bits per heavy atom. The van der Waals surface area contributed by atoms with Gasteiger partial charge in [-0.1, -0.05) is 6.92 Å². The largest absolute Gasteiger partial charge is 0.341 e. The van der Waals surface area contributed by atoms with Crippen molar-refractivity contribution in [1.29, 1.82) is 5.26 Å². The van der Waals surface area contributed by atoms with Crippen LogP contribution in [0.3, 0.4) is 0 Å². The number of nitriles is 1. The molecule has 1 amide bonds. The molecular weight excluding hydrogens is 444 g/mol. The van der Waals surface area contributed by atoms with Gasteiger partial charge in [-0.15, -0.1) is 11.3 Å². The van der Waals surface area contributed by atoms with Crippen molar-refractivity contribution in [2.75, 3.05) is 13.1 Å². The molecule has 1 fully saturated rings. The van der Waals surface area contributed by atoms with Gasteiger partial charge in [-0.2, -0.15) is 5.26 Å². The van der Waals surface area contributed by atoms with Crippen LogP contribution < -0.4 is 4.72 Å². The van der Waals surface area contributed by atoms with Crippen LogP contribution in [0.4, 0.5) is 0 Å². The Kier molecular flexibility index (Phi) is 7.41. The van der Waals surface area contributed by atoms with Crippen LogP contribution in [-0.2, 0) is 11.3 Å². The van der Waals surface area contributed by atoms with Crippen molar-refractivity contribution >= 4 is 45.1 Å². The topological polar surface area (TPSA) is 61.1 Å². The van der Waals surface area contributed by atoms with Crippen molar-refractivity contribution in [1.82, 2.24) is 14.2 Å². The number of hydrogen-bond donors (Lipinski definition) is 1. The second-order valence-electron chi connectivity index (χ2n) is 6.85. The third-order valence-electron chi connectivity index (χ3n) is 4.89. The summed E-state index contributed by atoms with van der Waals surface area (Å²) in [6.07, 6.45) is 4.67. The van der Waals surface area contributed by atoms with E-state index in [9.17, 15) is 10.1 Å². The lowest BCUT2D eigenvalue weighted by Gasteiger charge is -2.33. The normalized spacial score (nSPS) is 16.3. The molecule has 1 saturated heterocycles. The van der Waals surface area contributed by atoms with Gasteiger partial charge in [0.05, 0.1) is 6.04 Å². The van der Waals surface area contributed by atoms with Gasteiger partial charge in [-0.3, -0.25) is 4.79 Å². The van der Waals surface area contributed by atoms with Gasteiger partial charge >= 0.3 is 0 Å². The lowest BCUT2D eigenvalue weighted by Crippen LogP contribution is -2.47. The zero-order valence-corrected chi connectivity index (χ0v) is 18.4. The highest BCUT2D eigenvalue weighted by atomic mass is 79.9. The van der Waals surface area contributed by atoms with Crippen molar-refractivity contribution < 1.29 is 4.79 Å². The number of piperidine rings is 1. The van der Waals surface area contributed by atoms with Crippen LogP contribution in [0.1, 0.15) is 31.9 Å². The number of thiophene rings is 1. The van der Waals surface area contributed by atoms with Gasteiger partial charge in [0, 0.05) is 46.0 Å². The van der Waals surface area contributed by atoms with Crippen molar-refractivity contribution in [2.24, 2.45) is 5.92 Å². The van der Waals surface area contributed by atoms with E-state index < -0.39 is 0 Å². The molecule has 8 heteroatoms. The quantitative estimate of drug-likeness (QED) is 0.610. The van der Waals surface area contributed by atoms with Crippen LogP contribution >= 0.6 is 39.2 Å². The average molecular weight is 467 g/mol. The maximum absolute atomic E-state index is 13.1. The van der Waals surface area contributed by atoms with Crippen LogP contribution in [0.15, 0.2) is 38.5 Å². The first kappa shape index (κ1) is 20.5. The maximum atomic E-state index is 13.1. The first-order chi connectivity index (χ1) is 13.1. The van der Waals surface area contributed by atoms with Crippen molar-refractivity contribution in [3.8, 4) is 6.07 Å². The fourth-order valence-corrected chi connectivity index (χ4v) is 5.61. The fraction of sp³-hybridized carbons (Fsp3) is 0.474. The number of hydrogen-bond acceptors (Lipinski definition) is 5. The molecule has 1 aliphatic rings. The van der Waals surface area contributed by atoms with E-state index in [4.69, 9.17) is 0 Å². The number of nitrogens with one attached hydrogen (secondary N) is 1. The molecule has 1 atom stereocenters. The maximum Gasteiger partial charge on any atom is 0.240 e. The Bertz CT molecular complexity index is 805. The van der Waals surface area contributed by atoms with Gasteiger partial charge in [-0.25, -0.2) is 4.72 Å². The number of likely N-dealkylation sites (tertiary alicyclic amines) is 1. The lowest BCUT2D eigenvalue weighted by molar-refractivity contribution is -0.134. The zero-order valence-electron chi connectivity index (χ0n) is 15.2. The fourth-order valence-electron chi connectivity index (χ4n) is 3.14. The monoisotopic (exact) mass is 466 g/mol. The molecule has 144 valence electrons. The Labute approximate surface area is 177 Å². The molecule has 0 spiro atoms.